The molecule has 6 nitrogen and oxygen atoms in total. The van der Waals surface area contributed by atoms with E-state index in [0.29, 0.717) is 18.5 Å². The molecule has 0 aromatic carbocycles. The Hall–Kier alpha value is -1.43. The zero-order valence-corrected chi connectivity index (χ0v) is 11.8. The van der Waals surface area contributed by atoms with Gasteiger partial charge in [0.25, 0.3) is 0 Å². The van der Waals surface area contributed by atoms with E-state index >= 15 is 0 Å². The van der Waals surface area contributed by atoms with Gasteiger partial charge in [-0.1, -0.05) is 18.5 Å². The van der Waals surface area contributed by atoms with E-state index < -0.39 is 5.97 Å². The summed E-state index contributed by atoms with van der Waals surface area (Å²) in [5, 5.41) is 13.2. The van der Waals surface area contributed by atoms with Gasteiger partial charge in [-0.3, -0.25) is 9.69 Å². The Morgan fingerprint density at radius 3 is 3.05 bits per heavy atom. The van der Waals surface area contributed by atoms with Gasteiger partial charge in [0, 0.05) is 18.5 Å². The van der Waals surface area contributed by atoms with Crippen molar-refractivity contribution in [3.63, 3.8) is 0 Å². The lowest BCUT2D eigenvalue weighted by Gasteiger charge is -2.20. The van der Waals surface area contributed by atoms with E-state index in [2.05, 4.69) is 22.0 Å². The lowest BCUT2D eigenvalue weighted by Crippen LogP contribution is -2.32. The molecule has 0 spiro atoms. The van der Waals surface area contributed by atoms with Crippen LogP contribution >= 0.6 is 0 Å². The van der Waals surface area contributed by atoms with Crippen molar-refractivity contribution in [3.05, 3.63) is 11.7 Å². The van der Waals surface area contributed by atoms with Gasteiger partial charge in [0.15, 0.2) is 5.82 Å². The number of rotatable bonds is 6. The minimum atomic E-state index is -0.670. The summed E-state index contributed by atoms with van der Waals surface area (Å²) in [6, 6.07) is 0.510. The predicted octanol–water partition coefficient (Wildman–Crippen LogP) is 1.85. The molecule has 3 heterocycles. The highest BCUT2D eigenvalue weighted by atomic mass is 16.5. The highest BCUT2D eigenvalue weighted by Gasteiger charge is 2.49. The first-order valence-corrected chi connectivity index (χ1v) is 7.49. The van der Waals surface area contributed by atoms with Gasteiger partial charge in [-0.15, -0.1) is 0 Å². The van der Waals surface area contributed by atoms with E-state index in [9.17, 15) is 9.90 Å². The number of hydrogen-bond donors (Lipinski definition) is 1. The van der Waals surface area contributed by atoms with Crippen molar-refractivity contribution in [1.29, 1.82) is 0 Å². The minimum absolute atomic E-state index is 0.142. The van der Waals surface area contributed by atoms with Crippen LogP contribution < -0.4 is 0 Å². The van der Waals surface area contributed by atoms with Gasteiger partial charge in [0.2, 0.25) is 5.89 Å². The number of nitrogens with zero attached hydrogens (tertiary/aromatic N) is 3. The Labute approximate surface area is 118 Å². The zero-order chi connectivity index (χ0) is 14.1. The quantitative estimate of drug-likeness (QED) is 0.856. The zero-order valence-electron chi connectivity index (χ0n) is 11.8. The third-order valence-electron chi connectivity index (χ3n) is 4.58. The molecule has 2 fully saturated rings. The fourth-order valence-electron chi connectivity index (χ4n) is 3.56. The lowest BCUT2D eigenvalue weighted by molar-refractivity contribution is -0.142. The van der Waals surface area contributed by atoms with Crippen LogP contribution in [0, 0.1) is 5.92 Å². The third-order valence-corrected chi connectivity index (χ3v) is 4.58. The van der Waals surface area contributed by atoms with Crippen LogP contribution in [0.2, 0.25) is 0 Å². The molecule has 6 heteroatoms. The summed E-state index contributed by atoms with van der Waals surface area (Å²) < 4.78 is 5.29. The number of fused-ring (bicyclic) bond motifs is 2. The molecular weight excluding hydrogens is 258 g/mol. The molecule has 1 aromatic rings. The number of carboxylic acids is 1. The van der Waals surface area contributed by atoms with Crippen LogP contribution in [-0.2, 0) is 17.8 Å². The van der Waals surface area contributed by atoms with Gasteiger partial charge in [0.05, 0.1) is 12.5 Å². The van der Waals surface area contributed by atoms with Gasteiger partial charge in [-0.2, -0.15) is 4.98 Å². The fourth-order valence-corrected chi connectivity index (χ4v) is 3.56. The molecule has 2 aliphatic heterocycles. The standard InChI is InChI=1S/C14H21N3O3/c1-2-3-4-12-15-13(20-16-12)8-17-9-5-6-11(17)10(7-9)14(18)19/h9-11H,2-8H2,1H3,(H,18,19). The Morgan fingerprint density at radius 1 is 1.50 bits per heavy atom. The largest absolute Gasteiger partial charge is 0.481 e. The van der Waals surface area contributed by atoms with Crippen LogP contribution in [0.15, 0.2) is 4.52 Å². The highest BCUT2D eigenvalue weighted by molar-refractivity contribution is 5.71. The van der Waals surface area contributed by atoms with Crippen LogP contribution in [0.3, 0.4) is 0 Å². The highest BCUT2D eigenvalue weighted by Crippen LogP contribution is 2.42. The number of hydrogen-bond acceptors (Lipinski definition) is 5. The fraction of sp³-hybridized carbons (Fsp3) is 0.786. The molecule has 0 radical (unpaired) electrons. The molecular formula is C14H21N3O3. The van der Waals surface area contributed by atoms with Crippen molar-refractivity contribution in [2.45, 2.75) is 64.1 Å². The summed E-state index contributed by atoms with van der Waals surface area (Å²) in [5.41, 5.74) is 0. The summed E-state index contributed by atoms with van der Waals surface area (Å²) in [6.07, 6.45) is 5.85. The van der Waals surface area contributed by atoms with Gasteiger partial charge < -0.3 is 9.63 Å². The molecule has 0 aliphatic carbocycles. The molecule has 1 N–H and O–H groups in total. The van der Waals surface area contributed by atoms with Crippen molar-refractivity contribution in [3.8, 4) is 0 Å². The van der Waals surface area contributed by atoms with Crippen molar-refractivity contribution in [2.24, 2.45) is 5.92 Å². The van der Waals surface area contributed by atoms with Crippen molar-refractivity contribution < 1.29 is 14.4 Å². The Bertz CT molecular complexity index is 488. The molecule has 3 atom stereocenters. The van der Waals surface area contributed by atoms with E-state index in [0.717, 1.165) is 44.3 Å². The molecule has 110 valence electrons. The molecule has 0 saturated carbocycles. The van der Waals surface area contributed by atoms with Crippen LogP contribution in [0.5, 0.6) is 0 Å². The van der Waals surface area contributed by atoms with E-state index in [-0.39, 0.29) is 12.0 Å². The van der Waals surface area contributed by atoms with Crippen LogP contribution in [-0.4, -0.2) is 38.2 Å². The number of aromatic nitrogens is 2. The number of aliphatic carboxylic acids is 1. The third kappa shape index (κ3) is 2.44. The lowest BCUT2D eigenvalue weighted by atomic mass is 9.89. The minimum Gasteiger partial charge on any atom is -0.481 e. The summed E-state index contributed by atoms with van der Waals surface area (Å²) >= 11 is 0. The molecule has 1 aromatic heterocycles. The summed E-state index contributed by atoms with van der Waals surface area (Å²) in [5.74, 6) is 0.495. The predicted molar refractivity (Wildman–Crippen MR) is 71.0 cm³/mol. The van der Waals surface area contributed by atoms with Crippen molar-refractivity contribution >= 4 is 5.97 Å². The topological polar surface area (TPSA) is 79.5 Å². The number of carboxylic acid groups (broad SMARTS) is 1. The van der Waals surface area contributed by atoms with Crippen LogP contribution in [0.4, 0.5) is 0 Å². The number of unbranched alkanes of at least 4 members (excludes halogenated alkanes) is 1. The number of carbonyl (C=O) groups is 1. The summed E-state index contributed by atoms with van der Waals surface area (Å²) in [7, 11) is 0. The molecule has 20 heavy (non-hydrogen) atoms. The second kappa shape index (κ2) is 5.52. The smallest absolute Gasteiger partial charge is 0.308 e. The average molecular weight is 279 g/mol. The molecule has 3 rings (SSSR count). The van der Waals surface area contributed by atoms with Gasteiger partial charge in [0.1, 0.15) is 0 Å². The van der Waals surface area contributed by atoms with E-state index in [1.165, 1.54) is 0 Å². The number of aryl methyl sites for hydroxylation is 1. The average Bonchev–Trinajstić information content (AvgIpc) is 3.12. The summed E-state index contributed by atoms with van der Waals surface area (Å²) in [6.45, 7) is 2.73. The van der Waals surface area contributed by atoms with Gasteiger partial charge >= 0.3 is 5.97 Å². The van der Waals surface area contributed by atoms with Crippen LogP contribution in [0.25, 0.3) is 0 Å². The maximum Gasteiger partial charge on any atom is 0.308 e. The van der Waals surface area contributed by atoms with Crippen LogP contribution in [0.1, 0.15) is 50.7 Å². The Morgan fingerprint density at radius 2 is 2.35 bits per heavy atom. The maximum atomic E-state index is 11.2. The normalized spacial score (nSPS) is 29.1. The summed E-state index contributed by atoms with van der Waals surface area (Å²) in [4.78, 5) is 17.9. The maximum absolute atomic E-state index is 11.2. The molecule has 2 bridgehead atoms. The van der Waals surface area contributed by atoms with E-state index in [1.807, 2.05) is 0 Å². The first kappa shape index (κ1) is 13.5. The van der Waals surface area contributed by atoms with E-state index in [1.54, 1.807) is 0 Å². The monoisotopic (exact) mass is 279 g/mol. The second-order valence-corrected chi connectivity index (χ2v) is 5.86. The molecule has 2 aliphatic rings. The van der Waals surface area contributed by atoms with E-state index in [4.69, 9.17) is 4.52 Å². The van der Waals surface area contributed by atoms with Gasteiger partial charge in [-0.25, -0.2) is 0 Å². The second-order valence-electron chi connectivity index (χ2n) is 5.86. The molecule has 2 saturated heterocycles. The SMILES string of the molecule is CCCCc1noc(CN2C3CCC2C(C(=O)O)C3)n1. The van der Waals surface area contributed by atoms with Gasteiger partial charge in [-0.05, 0) is 25.7 Å². The first-order valence-electron chi connectivity index (χ1n) is 7.49. The van der Waals surface area contributed by atoms with Crippen molar-refractivity contribution in [1.82, 2.24) is 15.0 Å². The van der Waals surface area contributed by atoms with Crippen molar-refractivity contribution in [2.75, 3.05) is 0 Å². The Balaban J connectivity index is 1.63. The Kier molecular flexibility index (Phi) is 3.74. The molecule has 0 amide bonds. The first-order chi connectivity index (χ1) is 9.69. The molecule has 3 unspecified atom stereocenters.